The Morgan fingerprint density at radius 3 is 1.27 bits per heavy atom. The first-order chi connectivity index (χ1) is 32.6. The highest BCUT2D eigenvalue weighted by molar-refractivity contribution is 5.70. The van der Waals surface area contributed by atoms with E-state index in [4.69, 9.17) is 18.9 Å². The van der Waals surface area contributed by atoms with Crippen molar-refractivity contribution in [1.82, 2.24) is 0 Å². The molecule has 0 aromatic heterocycles. The molecule has 0 radical (unpaired) electrons. The lowest BCUT2D eigenvalue weighted by atomic mass is 10.1. The second kappa shape index (κ2) is 48.7. The molecule has 9 heteroatoms. The summed E-state index contributed by atoms with van der Waals surface area (Å²) in [5, 5.41) is 11.7. The highest BCUT2D eigenvalue weighted by Gasteiger charge is 2.21. The Labute approximate surface area is 410 Å². The lowest BCUT2D eigenvalue weighted by molar-refractivity contribution is -0.870. The molecule has 0 aromatic carbocycles. The second-order valence-corrected chi connectivity index (χ2v) is 18.4. The van der Waals surface area contributed by atoms with E-state index in [1.807, 2.05) is 21.1 Å². The minimum Gasteiger partial charge on any atom is -0.545 e. The van der Waals surface area contributed by atoms with E-state index in [9.17, 15) is 19.5 Å². The van der Waals surface area contributed by atoms with E-state index >= 15 is 0 Å². The van der Waals surface area contributed by atoms with E-state index in [1.165, 1.54) is 44.9 Å². The largest absolute Gasteiger partial charge is 0.545 e. The molecule has 2 atom stereocenters. The number of aliphatic carboxylic acids is 1. The molecule has 0 aliphatic carbocycles. The number of carbonyl (C=O) groups excluding carboxylic acids is 3. The summed E-state index contributed by atoms with van der Waals surface area (Å²) in [6.45, 7) is 4.56. The fourth-order valence-corrected chi connectivity index (χ4v) is 6.74. The van der Waals surface area contributed by atoms with Crippen molar-refractivity contribution < 1.29 is 42.9 Å². The van der Waals surface area contributed by atoms with Crippen LogP contribution >= 0.6 is 0 Å². The predicted octanol–water partition coefficient (Wildman–Crippen LogP) is 13.7. The monoisotopic (exact) mass is 936 g/mol. The summed E-state index contributed by atoms with van der Waals surface area (Å²) in [6.07, 6.45) is 61.5. The third-order valence-corrected chi connectivity index (χ3v) is 10.8. The van der Waals surface area contributed by atoms with Gasteiger partial charge in [0.1, 0.15) is 13.2 Å². The van der Waals surface area contributed by atoms with Gasteiger partial charge in [-0.1, -0.05) is 182 Å². The van der Waals surface area contributed by atoms with Gasteiger partial charge in [0, 0.05) is 12.8 Å². The average molecular weight is 936 g/mol. The highest BCUT2D eigenvalue weighted by atomic mass is 16.7. The second-order valence-electron chi connectivity index (χ2n) is 18.4. The van der Waals surface area contributed by atoms with Gasteiger partial charge in [-0.15, -0.1) is 0 Å². The van der Waals surface area contributed by atoms with E-state index in [2.05, 4.69) is 111 Å². The number of unbranched alkanes of at least 4 members (excludes halogenated alkanes) is 16. The lowest BCUT2D eigenvalue weighted by Gasteiger charge is -2.26. The molecule has 0 N–H and O–H groups in total. The van der Waals surface area contributed by atoms with Crippen molar-refractivity contribution in [3.63, 3.8) is 0 Å². The van der Waals surface area contributed by atoms with E-state index in [0.717, 1.165) is 116 Å². The number of carbonyl (C=O) groups is 3. The van der Waals surface area contributed by atoms with E-state index < -0.39 is 24.3 Å². The van der Waals surface area contributed by atoms with Gasteiger partial charge in [0.15, 0.2) is 12.4 Å². The zero-order valence-electron chi connectivity index (χ0n) is 43.2. The molecule has 0 amide bonds. The molecular formula is C58H97NO8. The van der Waals surface area contributed by atoms with E-state index in [1.54, 1.807) is 0 Å². The molecule has 67 heavy (non-hydrogen) atoms. The first-order valence-electron chi connectivity index (χ1n) is 26.4. The van der Waals surface area contributed by atoms with Gasteiger partial charge < -0.3 is 33.3 Å². The lowest BCUT2D eigenvalue weighted by Crippen LogP contribution is -2.44. The minimum atomic E-state index is -1.64. The summed E-state index contributed by atoms with van der Waals surface area (Å²) >= 11 is 0. The molecule has 0 aromatic rings. The number of nitrogens with zero attached hydrogens (tertiary/aromatic N) is 1. The Morgan fingerprint density at radius 1 is 0.463 bits per heavy atom. The number of carboxylic acids is 1. The molecule has 9 nitrogen and oxygen atoms in total. The number of hydrogen-bond acceptors (Lipinski definition) is 8. The van der Waals surface area contributed by atoms with Crippen LogP contribution in [0.15, 0.2) is 97.2 Å². The molecule has 0 saturated heterocycles. The van der Waals surface area contributed by atoms with Gasteiger partial charge in [0.25, 0.3) is 0 Å². The summed E-state index contributed by atoms with van der Waals surface area (Å²) in [5.74, 6) is -2.34. The number of esters is 2. The third-order valence-electron chi connectivity index (χ3n) is 10.8. The van der Waals surface area contributed by atoms with Crippen LogP contribution < -0.4 is 5.11 Å². The first kappa shape index (κ1) is 63.2. The van der Waals surface area contributed by atoms with Gasteiger partial charge in [-0.3, -0.25) is 9.59 Å². The minimum absolute atomic E-state index is 0.136. The quantitative estimate of drug-likeness (QED) is 0.0195. The molecule has 0 fully saturated rings. The van der Waals surface area contributed by atoms with Crippen molar-refractivity contribution in [3.8, 4) is 0 Å². The SMILES string of the molecule is CC/C=C\C/C=C\C/C=C\C/C=C\C/C=C\CCCCCCCC(=O)OC(COC(=O)CCCCCCCC/C=C\C/C=C\C/C=C\CCCCCCC)COC(OCC[N+](C)(C)C)C(=O)[O-]. The molecule has 0 aliphatic heterocycles. The van der Waals surface area contributed by atoms with Gasteiger partial charge >= 0.3 is 11.9 Å². The zero-order valence-corrected chi connectivity index (χ0v) is 43.2. The van der Waals surface area contributed by atoms with Crippen molar-refractivity contribution in [2.45, 2.75) is 206 Å². The Bertz CT molecular complexity index is 1420. The molecule has 0 bridgehead atoms. The molecule has 0 spiro atoms. The van der Waals surface area contributed by atoms with Crippen molar-refractivity contribution in [2.75, 3.05) is 47.5 Å². The van der Waals surface area contributed by atoms with Crippen molar-refractivity contribution >= 4 is 17.9 Å². The van der Waals surface area contributed by atoms with Crippen LogP contribution in [0.4, 0.5) is 0 Å². The molecule has 382 valence electrons. The Kier molecular flexibility index (Phi) is 45.9. The van der Waals surface area contributed by atoms with Crippen LogP contribution in [0.5, 0.6) is 0 Å². The average Bonchev–Trinajstić information content (AvgIpc) is 3.29. The molecule has 0 heterocycles. The van der Waals surface area contributed by atoms with Crippen molar-refractivity contribution in [3.05, 3.63) is 97.2 Å². The summed E-state index contributed by atoms with van der Waals surface area (Å²) < 4.78 is 22.6. The number of rotatable bonds is 47. The van der Waals surface area contributed by atoms with Gasteiger partial charge in [-0.2, -0.15) is 0 Å². The van der Waals surface area contributed by atoms with Crippen LogP contribution in [-0.2, 0) is 33.3 Å². The van der Waals surface area contributed by atoms with Crippen LogP contribution in [0.2, 0.25) is 0 Å². The summed E-state index contributed by atoms with van der Waals surface area (Å²) in [4.78, 5) is 37.2. The van der Waals surface area contributed by atoms with E-state index in [0.29, 0.717) is 17.4 Å². The molecule has 0 rings (SSSR count). The topological polar surface area (TPSA) is 111 Å². The van der Waals surface area contributed by atoms with Crippen LogP contribution in [-0.4, -0.2) is 82.3 Å². The molecule has 0 aliphatic rings. The van der Waals surface area contributed by atoms with Crippen molar-refractivity contribution in [1.29, 1.82) is 0 Å². The molecular weight excluding hydrogens is 839 g/mol. The number of allylic oxidation sites excluding steroid dienone is 16. The van der Waals surface area contributed by atoms with Crippen LogP contribution in [0.3, 0.4) is 0 Å². The number of ether oxygens (including phenoxy) is 4. The standard InChI is InChI=1S/C58H97NO8/c1-6-8-10-12-14-16-18-20-22-24-26-28-30-32-34-36-38-40-42-44-46-48-55(60)65-52-54(53-66-58(57(62)63)64-51-50-59(3,4)5)67-56(61)49-47-45-43-41-39-37-35-33-31-29-27-25-23-21-19-17-15-13-11-9-7-2/h9,11,15,17-18,20-21,23-24,26-27,29-30,32-33,35,54,58H,6-8,10,12-14,16,19,22,25,28,31,34,36-53H2,1-5H3/b11-9-,17-15-,20-18-,23-21-,26-24-,29-27-,32-30-,35-33-. The van der Waals surface area contributed by atoms with Crippen LogP contribution in [0, 0.1) is 0 Å². The first-order valence-corrected chi connectivity index (χ1v) is 26.4. The van der Waals surface area contributed by atoms with Crippen LogP contribution in [0.25, 0.3) is 0 Å². The van der Waals surface area contributed by atoms with Gasteiger partial charge in [0.2, 0.25) is 0 Å². The maximum atomic E-state index is 12.8. The predicted molar refractivity (Wildman–Crippen MR) is 278 cm³/mol. The van der Waals surface area contributed by atoms with Gasteiger partial charge in [0.05, 0.1) is 40.3 Å². The van der Waals surface area contributed by atoms with Gasteiger partial charge in [-0.25, -0.2) is 0 Å². The number of hydrogen-bond donors (Lipinski definition) is 0. The zero-order chi connectivity index (χ0) is 49.2. The van der Waals surface area contributed by atoms with Gasteiger partial charge in [-0.05, 0) is 96.3 Å². The third kappa shape index (κ3) is 49.9. The highest BCUT2D eigenvalue weighted by Crippen LogP contribution is 2.13. The molecule has 0 saturated carbocycles. The number of quaternary nitrogens is 1. The Balaban J connectivity index is 4.42. The van der Waals surface area contributed by atoms with Crippen LogP contribution in [0.1, 0.15) is 194 Å². The maximum Gasteiger partial charge on any atom is 0.306 e. The fourth-order valence-electron chi connectivity index (χ4n) is 6.74. The molecule has 2 unspecified atom stereocenters. The number of likely N-dealkylation sites (N-methyl/N-ethyl adjacent to an activating group) is 1. The summed E-state index contributed by atoms with van der Waals surface area (Å²) in [5.41, 5.74) is 0. The Hall–Kier alpha value is -3.79. The Morgan fingerprint density at radius 2 is 0.851 bits per heavy atom. The van der Waals surface area contributed by atoms with Crippen molar-refractivity contribution in [2.24, 2.45) is 0 Å². The maximum absolute atomic E-state index is 12.8. The summed E-state index contributed by atoms with van der Waals surface area (Å²) in [6, 6.07) is 0. The smallest absolute Gasteiger partial charge is 0.306 e. The summed E-state index contributed by atoms with van der Waals surface area (Å²) in [7, 11) is 5.90. The number of carboxylic acid groups (broad SMARTS) is 1. The normalized spacial score (nSPS) is 13.6. The van der Waals surface area contributed by atoms with E-state index in [-0.39, 0.29) is 38.6 Å². The fraction of sp³-hybridized carbons (Fsp3) is 0.672.